The van der Waals surface area contributed by atoms with Crippen molar-refractivity contribution in [1.82, 2.24) is 9.78 Å². The van der Waals surface area contributed by atoms with Gasteiger partial charge in [-0.1, -0.05) is 0 Å². The van der Waals surface area contributed by atoms with Crippen LogP contribution in [0.2, 0.25) is 0 Å². The van der Waals surface area contributed by atoms with Crippen LogP contribution in [0.25, 0.3) is 0 Å². The van der Waals surface area contributed by atoms with Gasteiger partial charge in [-0.2, -0.15) is 5.10 Å². The van der Waals surface area contributed by atoms with Gasteiger partial charge in [0.1, 0.15) is 6.10 Å². The first kappa shape index (κ1) is 10.6. The first-order chi connectivity index (χ1) is 6.98. The predicted octanol–water partition coefficient (Wildman–Crippen LogP) is -0.112. The summed E-state index contributed by atoms with van der Waals surface area (Å²) in [6, 6.07) is 1.72. The number of aliphatic hydroxyl groups is 1. The van der Waals surface area contributed by atoms with Crippen LogP contribution in [-0.4, -0.2) is 34.8 Å². The molecule has 0 aliphatic carbocycles. The van der Waals surface area contributed by atoms with E-state index in [-0.39, 0.29) is 17.4 Å². The van der Waals surface area contributed by atoms with Crippen LogP contribution in [0.3, 0.4) is 0 Å². The summed E-state index contributed by atoms with van der Waals surface area (Å²) in [6.45, 7) is 0. The SMILES string of the molecule is Cn1ccc(C(O)C2CCS(=O)(=O)C2)n1. The lowest BCUT2D eigenvalue weighted by Gasteiger charge is -2.13. The summed E-state index contributed by atoms with van der Waals surface area (Å²) in [7, 11) is -1.17. The molecule has 1 aliphatic heterocycles. The van der Waals surface area contributed by atoms with E-state index in [0.717, 1.165) is 0 Å². The Morgan fingerprint density at radius 3 is 2.87 bits per heavy atom. The van der Waals surface area contributed by atoms with Gasteiger partial charge in [0.2, 0.25) is 0 Å². The van der Waals surface area contributed by atoms with Crippen LogP contribution in [0, 0.1) is 5.92 Å². The van der Waals surface area contributed by atoms with Gasteiger partial charge in [-0.3, -0.25) is 4.68 Å². The molecule has 0 bridgehead atoms. The van der Waals surface area contributed by atoms with Crippen LogP contribution in [0.4, 0.5) is 0 Å². The Bertz CT molecular complexity index is 452. The maximum atomic E-state index is 11.2. The zero-order valence-electron chi connectivity index (χ0n) is 8.50. The molecule has 6 heteroatoms. The summed E-state index contributed by atoms with van der Waals surface area (Å²) < 4.78 is 24.1. The molecule has 2 unspecified atom stereocenters. The van der Waals surface area contributed by atoms with Crippen molar-refractivity contribution in [2.45, 2.75) is 12.5 Å². The van der Waals surface area contributed by atoms with Gasteiger partial charge in [-0.15, -0.1) is 0 Å². The van der Waals surface area contributed by atoms with Crippen molar-refractivity contribution in [3.8, 4) is 0 Å². The molecule has 2 heterocycles. The van der Waals surface area contributed by atoms with Crippen molar-refractivity contribution in [3.05, 3.63) is 18.0 Å². The van der Waals surface area contributed by atoms with Crippen molar-refractivity contribution >= 4 is 9.84 Å². The van der Waals surface area contributed by atoms with E-state index in [9.17, 15) is 13.5 Å². The number of hydrogen-bond acceptors (Lipinski definition) is 4. The molecule has 1 N–H and O–H groups in total. The number of nitrogens with zero attached hydrogens (tertiary/aromatic N) is 2. The van der Waals surface area contributed by atoms with Crippen LogP contribution >= 0.6 is 0 Å². The fourth-order valence-electron chi connectivity index (χ4n) is 1.91. The van der Waals surface area contributed by atoms with Crippen molar-refractivity contribution < 1.29 is 13.5 Å². The van der Waals surface area contributed by atoms with Crippen LogP contribution in [-0.2, 0) is 16.9 Å². The standard InChI is InChI=1S/C9H14N2O3S/c1-11-4-2-8(10-11)9(12)7-3-5-15(13,14)6-7/h2,4,7,9,12H,3,5-6H2,1H3. The lowest BCUT2D eigenvalue weighted by Crippen LogP contribution is -2.15. The summed E-state index contributed by atoms with van der Waals surface area (Å²) in [6.07, 6.45) is 1.51. The minimum atomic E-state index is -2.94. The Labute approximate surface area is 88.6 Å². The van der Waals surface area contributed by atoms with Crippen molar-refractivity contribution in [2.75, 3.05) is 11.5 Å². The molecule has 0 saturated carbocycles. The van der Waals surface area contributed by atoms with Crippen LogP contribution in [0.5, 0.6) is 0 Å². The fourth-order valence-corrected chi connectivity index (χ4v) is 3.73. The average Bonchev–Trinajstić information content (AvgIpc) is 2.71. The normalized spacial score (nSPS) is 26.7. The third kappa shape index (κ3) is 2.21. The minimum Gasteiger partial charge on any atom is -0.386 e. The summed E-state index contributed by atoms with van der Waals surface area (Å²) in [5.41, 5.74) is 0.555. The molecule has 1 aromatic heterocycles. The molecule has 2 atom stereocenters. The van der Waals surface area contributed by atoms with Gasteiger partial charge in [-0.05, 0) is 12.5 Å². The van der Waals surface area contributed by atoms with Gasteiger partial charge in [0.15, 0.2) is 9.84 Å². The molecule has 15 heavy (non-hydrogen) atoms. The highest BCUT2D eigenvalue weighted by Gasteiger charge is 2.34. The van der Waals surface area contributed by atoms with E-state index in [2.05, 4.69) is 5.10 Å². The van der Waals surface area contributed by atoms with E-state index in [1.165, 1.54) is 0 Å². The number of hydrogen-bond donors (Lipinski definition) is 1. The van der Waals surface area contributed by atoms with E-state index >= 15 is 0 Å². The number of rotatable bonds is 2. The third-order valence-electron chi connectivity index (χ3n) is 2.75. The zero-order chi connectivity index (χ0) is 11.1. The van der Waals surface area contributed by atoms with Crippen molar-refractivity contribution in [1.29, 1.82) is 0 Å². The molecule has 1 saturated heterocycles. The van der Waals surface area contributed by atoms with Gasteiger partial charge < -0.3 is 5.11 Å². The third-order valence-corrected chi connectivity index (χ3v) is 4.55. The summed E-state index contributed by atoms with van der Waals surface area (Å²) in [5.74, 6) is 0.0525. The molecule has 0 spiro atoms. The van der Waals surface area contributed by atoms with Crippen LogP contribution in [0.1, 0.15) is 18.2 Å². The molecule has 1 fully saturated rings. The molecule has 2 rings (SSSR count). The van der Waals surface area contributed by atoms with Crippen LogP contribution < -0.4 is 0 Å². The predicted molar refractivity (Wildman–Crippen MR) is 54.9 cm³/mol. The topological polar surface area (TPSA) is 72.2 Å². The fraction of sp³-hybridized carbons (Fsp3) is 0.667. The van der Waals surface area contributed by atoms with Crippen LogP contribution in [0.15, 0.2) is 12.3 Å². The van der Waals surface area contributed by atoms with Crippen molar-refractivity contribution in [2.24, 2.45) is 13.0 Å². The van der Waals surface area contributed by atoms with E-state index in [4.69, 9.17) is 0 Å². The quantitative estimate of drug-likeness (QED) is 0.769. The lowest BCUT2D eigenvalue weighted by atomic mass is 10.00. The number of aromatic nitrogens is 2. The highest BCUT2D eigenvalue weighted by molar-refractivity contribution is 7.91. The molecule has 5 nitrogen and oxygen atoms in total. The molecule has 84 valence electrons. The van der Waals surface area contributed by atoms with Gasteiger partial charge in [0.05, 0.1) is 17.2 Å². The lowest BCUT2D eigenvalue weighted by molar-refractivity contribution is 0.116. The van der Waals surface area contributed by atoms with Crippen molar-refractivity contribution in [3.63, 3.8) is 0 Å². The summed E-state index contributed by atoms with van der Waals surface area (Å²) in [4.78, 5) is 0. The first-order valence-corrected chi connectivity index (χ1v) is 6.68. The van der Waals surface area contributed by atoms with Gasteiger partial charge >= 0.3 is 0 Å². The Morgan fingerprint density at radius 1 is 1.67 bits per heavy atom. The molecule has 1 aliphatic rings. The Kier molecular flexibility index (Phi) is 2.56. The zero-order valence-corrected chi connectivity index (χ0v) is 9.31. The average molecular weight is 230 g/mol. The van der Waals surface area contributed by atoms with E-state index in [1.54, 1.807) is 24.0 Å². The summed E-state index contributed by atoms with van der Waals surface area (Å²) >= 11 is 0. The molecule has 0 radical (unpaired) electrons. The number of aliphatic hydroxyl groups excluding tert-OH is 1. The molecule has 0 aromatic carbocycles. The second kappa shape index (κ2) is 3.61. The Morgan fingerprint density at radius 2 is 2.40 bits per heavy atom. The highest BCUT2D eigenvalue weighted by Crippen LogP contribution is 2.30. The maximum Gasteiger partial charge on any atom is 0.150 e. The van der Waals surface area contributed by atoms with Gasteiger partial charge in [0, 0.05) is 19.2 Å². The summed E-state index contributed by atoms with van der Waals surface area (Å²) in [5, 5.41) is 14.0. The van der Waals surface area contributed by atoms with Gasteiger partial charge in [0.25, 0.3) is 0 Å². The first-order valence-electron chi connectivity index (χ1n) is 4.86. The van der Waals surface area contributed by atoms with E-state index < -0.39 is 15.9 Å². The smallest absolute Gasteiger partial charge is 0.150 e. The minimum absolute atomic E-state index is 0.0741. The highest BCUT2D eigenvalue weighted by atomic mass is 32.2. The molecular formula is C9H14N2O3S. The molecule has 0 amide bonds. The Hall–Kier alpha value is -0.880. The van der Waals surface area contributed by atoms with E-state index in [1.807, 2.05) is 0 Å². The maximum absolute atomic E-state index is 11.2. The van der Waals surface area contributed by atoms with Gasteiger partial charge in [-0.25, -0.2) is 8.42 Å². The van der Waals surface area contributed by atoms with E-state index in [0.29, 0.717) is 12.1 Å². The number of sulfone groups is 1. The Balaban J connectivity index is 2.13. The monoisotopic (exact) mass is 230 g/mol. The number of aryl methyl sites for hydroxylation is 1. The largest absolute Gasteiger partial charge is 0.386 e. The molecular weight excluding hydrogens is 216 g/mol. The second-order valence-corrected chi connectivity index (χ2v) is 6.25. The second-order valence-electron chi connectivity index (χ2n) is 4.02. The molecule has 1 aromatic rings.